The second-order valence-corrected chi connectivity index (χ2v) is 4.33. The number of aromatic nitrogens is 1. The van der Waals surface area contributed by atoms with Crippen LogP contribution in [0.25, 0.3) is 0 Å². The van der Waals surface area contributed by atoms with E-state index in [1.165, 1.54) is 19.1 Å². The number of nitro groups is 1. The SMILES string of the molecule is CC(=O)c1ccc(NCc2cc(C)on2)c([N+](=O)[O-])c1. The van der Waals surface area contributed by atoms with Crippen LogP contribution in [0.3, 0.4) is 0 Å². The lowest BCUT2D eigenvalue weighted by molar-refractivity contribution is -0.384. The van der Waals surface area contributed by atoms with Crippen molar-refractivity contribution < 1.29 is 14.2 Å². The third kappa shape index (κ3) is 3.00. The molecule has 0 spiro atoms. The van der Waals surface area contributed by atoms with Crippen molar-refractivity contribution in [3.63, 3.8) is 0 Å². The minimum absolute atomic E-state index is 0.141. The fourth-order valence-corrected chi connectivity index (χ4v) is 1.74. The predicted octanol–water partition coefficient (Wildman–Crippen LogP) is 2.71. The van der Waals surface area contributed by atoms with Crippen LogP contribution in [0.1, 0.15) is 28.7 Å². The van der Waals surface area contributed by atoms with E-state index in [1.807, 2.05) is 0 Å². The number of hydrogen-bond acceptors (Lipinski definition) is 6. The summed E-state index contributed by atoms with van der Waals surface area (Å²) in [7, 11) is 0. The first-order chi connectivity index (χ1) is 9.47. The number of carbonyl (C=O) groups excluding carboxylic acids is 1. The molecule has 1 aromatic carbocycles. The van der Waals surface area contributed by atoms with Crippen molar-refractivity contribution >= 4 is 17.2 Å². The molecule has 0 unspecified atom stereocenters. The van der Waals surface area contributed by atoms with Gasteiger partial charge >= 0.3 is 0 Å². The van der Waals surface area contributed by atoms with E-state index in [9.17, 15) is 14.9 Å². The standard InChI is InChI=1S/C13H13N3O4/c1-8-5-11(15-20-8)7-14-12-4-3-10(9(2)17)6-13(12)16(18)19/h3-6,14H,7H2,1-2H3. The van der Waals surface area contributed by atoms with Gasteiger partial charge in [-0.25, -0.2) is 0 Å². The molecule has 0 atom stereocenters. The molecule has 7 nitrogen and oxygen atoms in total. The van der Waals surface area contributed by atoms with Crippen molar-refractivity contribution in [2.45, 2.75) is 20.4 Å². The summed E-state index contributed by atoms with van der Waals surface area (Å²) >= 11 is 0. The molecular formula is C13H13N3O4. The number of ketones is 1. The van der Waals surface area contributed by atoms with Crippen molar-refractivity contribution in [2.24, 2.45) is 0 Å². The fourth-order valence-electron chi connectivity index (χ4n) is 1.74. The highest BCUT2D eigenvalue weighted by Crippen LogP contribution is 2.26. The van der Waals surface area contributed by atoms with Crippen molar-refractivity contribution in [3.05, 3.63) is 51.4 Å². The molecule has 104 valence electrons. The molecule has 0 saturated heterocycles. The molecular weight excluding hydrogens is 262 g/mol. The Morgan fingerprint density at radius 3 is 2.75 bits per heavy atom. The topological polar surface area (TPSA) is 98.3 Å². The van der Waals surface area contributed by atoms with Gasteiger partial charge in [-0.2, -0.15) is 0 Å². The van der Waals surface area contributed by atoms with E-state index in [0.29, 0.717) is 29.2 Å². The number of hydrogen-bond donors (Lipinski definition) is 1. The van der Waals surface area contributed by atoms with E-state index >= 15 is 0 Å². The summed E-state index contributed by atoms with van der Waals surface area (Å²) in [4.78, 5) is 21.8. The average molecular weight is 275 g/mol. The molecule has 2 rings (SSSR count). The normalized spacial score (nSPS) is 10.3. The van der Waals surface area contributed by atoms with Crippen LogP contribution in [0.15, 0.2) is 28.8 Å². The molecule has 1 N–H and O–H groups in total. The number of benzene rings is 1. The second kappa shape index (κ2) is 5.52. The Bertz CT molecular complexity index is 663. The fraction of sp³-hybridized carbons (Fsp3) is 0.231. The first-order valence-corrected chi connectivity index (χ1v) is 5.93. The smallest absolute Gasteiger partial charge is 0.293 e. The number of nitrogens with one attached hydrogen (secondary N) is 1. The Balaban J connectivity index is 2.22. The van der Waals surface area contributed by atoms with Crippen LogP contribution in [0, 0.1) is 17.0 Å². The first kappa shape index (κ1) is 13.7. The molecule has 1 heterocycles. The van der Waals surface area contributed by atoms with Gasteiger partial charge in [0.05, 0.1) is 11.5 Å². The van der Waals surface area contributed by atoms with Crippen LogP contribution in [0.5, 0.6) is 0 Å². The number of nitrogens with zero attached hydrogens (tertiary/aromatic N) is 2. The summed E-state index contributed by atoms with van der Waals surface area (Å²) in [5.74, 6) is 0.454. The Kier molecular flexibility index (Phi) is 3.79. The maximum atomic E-state index is 11.2. The van der Waals surface area contributed by atoms with Gasteiger partial charge in [0, 0.05) is 17.7 Å². The summed E-state index contributed by atoms with van der Waals surface area (Å²) in [5, 5.41) is 17.7. The third-order valence-electron chi connectivity index (χ3n) is 2.74. The Hall–Kier alpha value is -2.70. The van der Waals surface area contributed by atoms with Gasteiger partial charge < -0.3 is 9.84 Å². The van der Waals surface area contributed by atoms with Crippen LogP contribution >= 0.6 is 0 Å². The number of anilines is 1. The molecule has 0 bridgehead atoms. The number of nitro benzene ring substituents is 1. The summed E-state index contributed by atoms with van der Waals surface area (Å²) in [5.41, 5.74) is 1.14. The zero-order valence-corrected chi connectivity index (χ0v) is 11.0. The molecule has 0 radical (unpaired) electrons. The molecule has 1 aromatic heterocycles. The zero-order chi connectivity index (χ0) is 14.7. The van der Waals surface area contributed by atoms with Crippen LogP contribution in [0.2, 0.25) is 0 Å². The van der Waals surface area contributed by atoms with Gasteiger partial charge in [-0.3, -0.25) is 14.9 Å². The van der Waals surface area contributed by atoms with Crippen LogP contribution in [-0.2, 0) is 6.54 Å². The van der Waals surface area contributed by atoms with Gasteiger partial charge in [-0.1, -0.05) is 5.16 Å². The van der Waals surface area contributed by atoms with Crippen LogP contribution in [-0.4, -0.2) is 15.9 Å². The highest BCUT2D eigenvalue weighted by atomic mass is 16.6. The van der Waals surface area contributed by atoms with Crippen molar-refractivity contribution in [1.29, 1.82) is 0 Å². The lowest BCUT2D eigenvalue weighted by Gasteiger charge is -2.06. The van der Waals surface area contributed by atoms with E-state index in [2.05, 4.69) is 10.5 Å². The summed E-state index contributed by atoms with van der Waals surface area (Å²) in [6, 6.07) is 6.06. The van der Waals surface area contributed by atoms with Gasteiger partial charge in [0.2, 0.25) is 0 Å². The number of carbonyl (C=O) groups is 1. The van der Waals surface area contributed by atoms with E-state index in [1.54, 1.807) is 19.1 Å². The largest absolute Gasteiger partial charge is 0.374 e. The first-order valence-electron chi connectivity index (χ1n) is 5.93. The van der Waals surface area contributed by atoms with Crippen molar-refractivity contribution in [1.82, 2.24) is 5.16 Å². The van der Waals surface area contributed by atoms with Gasteiger partial charge in [0.15, 0.2) is 5.78 Å². The molecule has 0 aliphatic carbocycles. The van der Waals surface area contributed by atoms with Gasteiger partial charge in [0.1, 0.15) is 17.1 Å². The second-order valence-electron chi connectivity index (χ2n) is 4.33. The van der Waals surface area contributed by atoms with Gasteiger partial charge in [-0.15, -0.1) is 0 Å². The van der Waals surface area contributed by atoms with E-state index in [4.69, 9.17) is 4.52 Å². The van der Waals surface area contributed by atoms with Crippen LogP contribution < -0.4 is 5.32 Å². The van der Waals surface area contributed by atoms with Gasteiger partial charge in [-0.05, 0) is 26.0 Å². The molecule has 0 fully saturated rings. The van der Waals surface area contributed by atoms with E-state index < -0.39 is 4.92 Å². The zero-order valence-electron chi connectivity index (χ0n) is 11.0. The maximum absolute atomic E-state index is 11.2. The van der Waals surface area contributed by atoms with Crippen molar-refractivity contribution in [2.75, 3.05) is 5.32 Å². The van der Waals surface area contributed by atoms with Crippen LogP contribution in [0.4, 0.5) is 11.4 Å². The average Bonchev–Trinajstić information content (AvgIpc) is 2.81. The number of aryl methyl sites for hydroxylation is 1. The molecule has 7 heteroatoms. The quantitative estimate of drug-likeness (QED) is 0.511. The minimum atomic E-state index is -0.525. The molecule has 2 aromatic rings. The minimum Gasteiger partial charge on any atom is -0.374 e. The lowest BCUT2D eigenvalue weighted by atomic mass is 10.1. The van der Waals surface area contributed by atoms with Crippen molar-refractivity contribution in [3.8, 4) is 0 Å². The molecule has 0 aliphatic rings. The molecule has 0 aliphatic heterocycles. The Morgan fingerprint density at radius 1 is 1.45 bits per heavy atom. The number of rotatable bonds is 5. The molecule has 0 saturated carbocycles. The number of Topliss-reactive ketones (excluding diaryl/α,β-unsaturated/α-hetero) is 1. The van der Waals surface area contributed by atoms with E-state index in [-0.39, 0.29) is 11.5 Å². The maximum Gasteiger partial charge on any atom is 0.293 e. The third-order valence-corrected chi connectivity index (χ3v) is 2.74. The summed E-state index contributed by atoms with van der Waals surface area (Å²) in [6.45, 7) is 3.43. The van der Waals surface area contributed by atoms with E-state index in [0.717, 1.165) is 0 Å². The lowest BCUT2D eigenvalue weighted by Crippen LogP contribution is -2.04. The Labute approximate surface area is 114 Å². The molecule has 20 heavy (non-hydrogen) atoms. The highest BCUT2D eigenvalue weighted by Gasteiger charge is 2.16. The van der Waals surface area contributed by atoms with Gasteiger partial charge in [0.25, 0.3) is 5.69 Å². The molecule has 0 amide bonds. The Morgan fingerprint density at radius 2 is 2.20 bits per heavy atom. The summed E-state index contributed by atoms with van der Waals surface area (Å²) in [6.07, 6.45) is 0. The highest BCUT2D eigenvalue weighted by molar-refractivity contribution is 5.95. The predicted molar refractivity (Wildman–Crippen MR) is 71.7 cm³/mol. The monoisotopic (exact) mass is 275 g/mol. The summed E-state index contributed by atoms with van der Waals surface area (Å²) < 4.78 is 4.91.